The zero-order valence-corrected chi connectivity index (χ0v) is 18.8. The van der Waals surface area contributed by atoms with Gasteiger partial charge in [0.15, 0.2) is 0 Å². The van der Waals surface area contributed by atoms with E-state index in [9.17, 15) is 4.79 Å². The standard InChI is InChI=1S/C26H42O2/c1-22(2)12-6-13-25-17-26(25)16-15-23(3)18(7-5-8-21(27)28)11-14-24(23,4)20(26)10-9-19(22)25/h18-20H,5-17H2,1-4H3,(H,27,28)/t18?,19?,20?,23?,24-,25?,26?/m0/s1. The molecule has 0 saturated heterocycles. The largest absolute Gasteiger partial charge is 0.481 e. The Morgan fingerprint density at radius 2 is 1.57 bits per heavy atom. The Balaban J connectivity index is 1.41. The van der Waals surface area contributed by atoms with Crippen LogP contribution in [0.15, 0.2) is 0 Å². The van der Waals surface area contributed by atoms with Crippen molar-refractivity contribution >= 4 is 5.97 Å². The second-order valence-electron chi connectivity index (χ2n) is 12.9. The minimum Gasteiger partial charge on any atom is -0.481 e. The van der Waals surface area contributed by atoms with E-state index in [1.54, 1.807) is 6.42 Å². The smallest absolute Gasteiger partial charge is 0.303 e. The first-order valence-corrected chi connectivity index (χ1v) is 12.3. The summed E-state index contributed by atoms with van der Waals surface area (Å²) in [4.78, 5) is 11.0. The van der Waals surface area contributed by atoms with Gasteiger partial charge in [0.2, 0.25) is 0 Å². The Hall–Kier alpha value is -0.530. The van der Waals surface area contributed by atoms with Gasteiger partial charge in [-0.1, -0.05) is 34.1 Å². The van der Waals surface area contributed by atoms with Crippen LogP contribution >= 0.6 is 0 Å². The lowest BCUT2D eigenvalue weighted by Gasteiger charge is -2.62. The first-order chi connectivity index (χ1) is 13.1. The molecule has 6 unspecified atom stereocenters. The SMILES string of the molecule is CC1(C)CCCC23CC24CCC2(C)C(CCCC(=O)O)CC[C@@]2(C)C4CCC13. The maximum atomic E-state index is 11.0. The van der Waals surface area contributed by atoms with Gasteiger partial charge < -0.3 is 5.11 Å². The number of carboxylic acid groups (broad SMARTS) is 1. The average Bonchev–Trinajstić information content (AvgIpc) is 3.20. The average molecular weight is 387 g/mol. The number of hydrogen-bond acceptors (Lipinski definition) is 1. The molecule has 2 nitrogen and oxygen atoms in total. The third kappa shape index (κ3) is 2.19. The van der Waals surface area contributed by atoms with E-state index < -0.39 is 5.97 Å². The Bertz CT molecular complexity index is 682. The Morgan fingerprint density at radius 1 is 0.857 bits per heavy atom. The summed E-state index contributed by atoms with van der Waals surface area (Å²) in [6.07, 6.45) is 16.9. The van der Waals surface area contributed by atoms with Gasteiger partial charge >= 0.3 is 5.97 Å². The van der Waals surface area contributed by atoms with Crippen LogP contribution in [0.2, 0.25) is 0 Å². The lowest BCUT2D eigenvalue weighted by Crippen LogP contribution is -2.55. The summed E-state index contributed by atoms with van der Waals surface area (Å²) in [7, 11) is 0. The zero-order chi connectivity index (χ0) is 20.0. The second kappa shape index (κ2) is 5.79. The normalized spacial score (nSPS) is 53.5. The molecule has 5 saturated carbocycles. The minimum absolute atomic E-state index is 0.358. The molecule has 0 aromatic heterocycles. The van der Waals surface area contributed by atoms with E-state index >= 15 is 0 Å². The predicted octanol–water partition coefficient (Wildman–Crippen LogP) is 7.07. The molecular formula is C26H42O2. The van der Waals surface area contributed by atoms with Crippen molar-refractivity contribution in [3.63, 3.8) is 0 Å². The quantitative estimate of drug-likeness (QED) is 0.561. The van der Waals surface area contributed by atoms with E-state index in [1.165, 1.54) is 57.8 Å². The Labute approximate surface area is 172 Å². The predicted molar refractivity (Wildman–Crippen MR) is 113 cm³/mol. The lowest BCUT2D eigenvalue weighted by molar-refractivity contribution is -0.140. The van der Waals surface area contributed by atoms with E-state index in [1.807, 2.05) is 0 Å². The molecule has 0 radical (unpaired) electrons. The van der Waals surface area contributed by atoms with Crippen molar-refractivity contribution in [3.05, 3.63) is 0 Å². The van der Waals surface area contributed by atoms with Crippen molar-refractivity contribution < 1.29 is 9.90 Å². The molecule has 7 atom stereocenters. The lowest BCUT2D eigenvalue weighted by atomic mass is 9.42. The van der Waals surface area contributed by atoms with Crippen LogP contribution in [0.3, 0.4) is 0 Å². The second-order valence-corrected chi connectivity index (χ2v) is 12.9. The highest BCUT2D eigenvalue weighted by atomic mass is 16.4. The topological polar surface area (TPSA) is 37.3 Å². The first kappa shape index (κ1) is 19.4. The van der Waals surface area contributed by atoms with Crippen molar-refractivity contribution in [2.75, 3.05) is 0 Å². The van der Waals surface area contributed by atoms with Crippen LogP contribution in [0.5, 0.6) is 0 Å². The Morgan fingerprint density at radius 3 is 2.32 bits per heavy atom. The van der Waals surface area contributed by atoms with Gasteiger partial charge in [-0.3, -0.25) is 4.79 Å². The van der Waals surface area contributed by atoms with Crippen LogP contribution in [0.4, 0.5) is 0 Å². The number of rotatable bonds is 4. The summed E-state index contributed by atoms with van der Waals surface area (Å²) >= 11 is 0. The van der Waals surface area contributed by atoms with Gasteiger partial charge in [0.05, 0.1) is 0 Å². The van der Waals surface area contributed by atoms with Gasteiger partial charge in [-0.2, -0.15) is 0 Å². The van der Waals surface area contributed by atoms with Crippen molar-refractivity contribution in [2.24, 2.45) is 44.8 Å². The molecule has 5 aliphatic rings. The van der Waals surface area contributed by atoms with E-state index in [0.29, 0.717) is 33.5 Å². The third-order valence-electron chi connectivity index (χ3n) is 12.0. The molecule has 28 heavy (non-hydrogen) atoms. The highest BCUT2D eigenvalue weighted by Crippen LogP contribution is 2.88. The van der Waals surface area contributed by atoms with Crippen molar-refractivity contribution in [1.82, 2.24) is 0 Å². The Kier molecular flexibility index (Phi) is 4.02. The summed E-state index contributed by atoms with van der Waals surface area (Å²) in [5.74, 6) is 2.05. The maximum absolute atomic E-state index is 11.0. The number of aliphatic carboxylic acids is 1. The number of carbonyl (C=O) groups is 1. The molecule has 158 valence electrons. The number of fused-ring (bicyclic) bond motifs is 2. The fourth-order valence-corrected chi connectivity index (χ4v) is 10.5. The van der Waals surface area contributed by atoms with Crippen LogP contribution in [-0.2, 0) is 4.79 Å². The van der Waals surface area contributed by atoms with E-state index in [-0.39, 0.29) is 0 Å². The van der Waals surface area contributed by atoms with Gasteiger partial charge in [-0.15, -0.1) is 0 Å². The summed E-state index contributed by atoms with van der Waals surface area (Å²) in [6, 6.07) is 0. The summed E-state index contributed by atoms with van der Waals surface area (Å²) in [5.41, 5.74) is 2.88. The molecule has 0 bridgehead atoms. The van der Waals surface area contributed by atoms with Crippen molar-refractivity contribution in [1.29, 1.82) is 0 Å². The third-order valence-corrected chi connectivity index (χ3v) is 12.0. The summed E-state index contributed by atoms with van der Waals surface area (Å²) < 4.78 is 0. The molecule has 2 spiro atoms. The fourth-order valence-electron chi connectivity index (χ4n) is 10.5. The van der Waals surface area contributed by atoms with Crippen LogP contribution in [0.25, 0.3) is 0 Å². The molecule has 0 amide bonds. The molecule has 0 aromatic rings. The zero-order valence-electron chi connectivity index (χ0n) is 18.8. The van der Waals surface area contributed by atoms with E-state index in [2.05, 4.69) is 27.7 Å². The van der Waals surface area contributed by atoms with Gasteiger partial charge in [0.25, 0.3) is 0 Å². The summed E-state index contributed by atoms with van der Waals surface area (Å²) in [6.45, 7) is 10.4. The summed E-state index contributed by atoms with van der Waals surface area (Å²) in [5, 5.41) is 9.08. The molecule has 0 aromatic carbocycles. The fraction of sp³-hybridized carbons (Fsp3) is 0.962. The molecule has 0 heterocycles. The van der Waals surface area contributed by atoms with Crippen LogP contribution in [-0.4, -0.2) is 11.1 Å². The number of hydrogen-bond donors (Lipinski definition) is 1. The van der Waals surface area contributed by atoms with Crippen LogP contribution in [0.1, 0.15) is 111 Å². The first-order valence-electron chi connectivity index (χ1n) is 12.3. The maximum Gasteiger partial charge on any atom is 0.303 e. The van der Waals surface area contributed by atoms with Crippen molar-refractivity contribution in [2.45, 2.75) is 111 Å². The monoisotopic (exact) mass is 386 g/mol. The molecular weight excluding hydrogens is 344 g/mol. The highest BCUT2D eigenvalue weighted by Gasteiger charge is 2.81. The molecule has 5 aliphatic carbocycles. The van der Waals surface area contributed by atoms with Crippen LogP contribution < -0.4 is 0 Å². The molecule has 5 fully saturated rings. The number of carboxylic acids is 1. The van der Waals surface area contributed by atoms with Gasteiger partial charge in [-0.05, 0) is 115 Å². The van der Waals surface area contributed by atoms with Gasteiger partial charge in [0.1, 0.15) is 0 Å². The molecule has 0 aliphatic heterocycles. The molecule has 5 rings (SSSR count). The van der Waals surface area contributed by atoms with Crippen molar-refractivity contribution in [3.8, 4) is 0 Å². The van der Waals surface area contributed by atoms with E-state index in [4.69, 9.17) is 5.11 Å². The minimum atomic E-state index is -0.619. The highest BCUT2D eigenvalue weighted by molar-refractivity contribution is 5.66. The van der Waals surface area contributed by atoms with E-state index in [0.717, 1.165) is 30.6 Å². The van der Waals surface area contributed by atoms with Crippen LogP contribution in [0, 0.1) is 44.8 Å². The van der Waals surface area contributed by atoms with Gasteiger partial charge in [-0.25, -0.2) is 0 Å². The molecule has 1 N–H and O–H groups in total. The molecule has 2 heteroatoms. The van der Waals surface area contributed by atoms with Gasteiger partial charge in [0, 0.05) is 6.42 Å².